The van der Waals surface area contributed by atoms with Gasteiger partial charge in [-0.05, 0) is 55.2 Å². The number of ether oxygens (including phenoxy) is 2. The van der Waals surface area contributed by atoms with Crippen LogP contribution < -0.4 is 14.2 Å². The first kappa shape index (κ1) is 23.5. The fourth-order valence-corrected chi connectivity index (χ4v) is 4.31. The lowest BCUT2D eigenvalue weighted by molar-refractivity contribution is 0.302. The monoisotopic (exact) mass is 455 g/mol. The van der Waals surface area contributed by atoms with E-state index in [1.807, 2.05) is 39.8 Å². The molecule has 0 radical (unpaired) electrons. The van der Waals surface area contributed by atoms with Crippen molar-refractivity contribution in [3.63, 3.8) is 0 Å². The van der Waals surface area contributed by atoms with E-state index in [1.54, 1.807) is 42.5 Å². The normalized spacial score (nSPS) is 11.4. The number of rotatable bonds is 10. The molecule has 0 aliphatic carbocycles. The summed E-state index contributed by atoms with van der Waals surface area (Å²) in [5.41, 5.74) is 2.70. The third-order valence-corrected chi connectivity index (χ3v) is 6.13. The van der Waals surface area contributed by atoms with Crippen LogP contribution >= 0.6 is 0 Å². The molecule has 0 saturated carbocycles. The lowest BCUT2D eigenvalue weighted by Gasteiger charge is -2.15. The fourth-order valence-electron chi connectivity index (χ4n) is 3.08. The SMILES string of the molecule is CCCOc1ccc(-c2cccc(NS(=O)(=O)c3cc(C(C)C)ccc3OCC)c2)nn1. The molecule has 3 aromatic rings. The van der Waals surface area contributed by atoms with Gasteiger partial charge >= 0.3 is 0 Å². The number of anilines is 1. The van der Waals surface area contributed by atoms with Gasteiger partial charge in [0, 0.05) is 17.3 Å². The highest BCUT2D eigenvalue weighted by Gasteiger charge is 2.21. The second kappa shape index (κ2) is 10.5. The number of hydrogen-bond donors (Lipinski definition) is 1. The van der Waals surface area contributed by atoms with Crippen molar-refractivity contribution in [1.29, 1.82) is 0 Å². The highest BCUT2D eigenvalue weighted by atomic mass is 32.2. The Morgan fingerprint density at radius 3 is 2.44 bits per heavy atom. The van der Waals surface area contributed by atoms with Crippen LogP contribution in [0.4, 0.5) is 5.69 Å². The van der Waals surface area contributed by atoms with Crippen LogP contribution in [-0.2, 0) is 10.0 Å². The minimum atomic E-state index is -3.87. The summed E-state index contributed by atoms with van der Waals surface area (Å²) in [6.45, 7) is 8.82. The van der Waals surface area contributed by atoms with Gasteiger partial charge in [0.25, 0.3) is 10.0 Å². The summed E-state index contributed by atoms with van der Waals surface area (Å²) in [5, 5.41) is 8.27. The van der Waals surface area contributed by atoms with Crippen LogP contribution in [0.25, 0.3) is 11.3 Å². The maximum atomic E-state index is 13.2. The molecule has 32 heavy (non-hydrogen) atoms. The predicted molar refractivity (Wildman–Crippen MR) is 126 cm³/mol. The van der Waals surface area contributed by atoms with Crippen LogP contribution in [0.15, 0.2) is 59.5 Å². The third-order valence-electron chi connectivity index (χ3n) is 4.73. The molecule has 1 N–H and O–H groups in total. The number of hydrogen-bond acceptors (Lipinski definition) is 6. The maximum absolute atomic E-state index is 13.2. The smallest absolute Gasteiger partial charge is 0.265 e. The van der Waals surface area contributed by atoms with E-state index in [0.717, 1.165) is 17.5 Å². The van der Waals surface area contributed by atoms with Gasteiger partial charge in [0.1, 0.15) is 10.6 Å². The fraction of sp³-hybridized carbons (Fsp3) is 0.333. The van der Waals surface area contributed by atoms with Crippen LogP contribution in [-0.4, -0.2) is 31.8 Å². The van der Waals surface area contributed by atoms with Gasteiger partial charge in [-0.25, -0.2) is 8.42 Å². The zero-order chi connectivity index (χ0) is 23.1. The summed E-state index contributed by atoms with van der Waals surface area (Å²) in [4.78, 5) is 0.119. The Labute approximate surface area is 189 Å². The van der Waals surface area contributed by atoms with Crippen LogP contribution in [0.5, 0.6) is 11.6 Å². The van der Waals surface area contributed by atoms with E-state index in [4.69, 9.17) is 9.47 Å². The van der Waals surface area contributed by atoms with Crippen LogP contribution in [0.2, 0.25) is 0 Å². The largest absolute Gasteiger partial charge is 0.492 e. The summed E-state index contributed by atoms with van der Waals surface area (Å²) >= 11 is 0. The van der Waals surface area contributed by atoms with Crippen molar-refractivity contribution in [3.05, 3.63) is 60.2 Å². The van der Waals surface area contributed by atoms with Gasteiger partial charge in [-0.1, -0.05) is 39.0 Å². The highest BCUT2D eigenvalue weighted by molar-refractivity contribution is 7.92. The van der Waals surface area contributed by atoms with E-state index in [-0.39, 0.29) is 10.8 Å². The van der Waals surface area contributed by atoms with Gasteiger partial charge < -0.3 is 9.47 Å². The average molecular weight is 456 g/mol. The molecule has 1 heterocycles. The number of nitrogens with zero attached hydrogens (tertiary/aromatic N) is 2. The predicted octanol–water partition coefficient (Wildman–Crippen LogP) is 5.26. The van der Waals surface area contributed by atoms with E-state index in [0.29, 0.717) is 36.2 Å². The first-order valence-corrected chi connectivity index (χ1v) is 12.2. The molecule has 3 rings (SSSR count). The van der Waals surface area contributed by atoms with Gasteiger partial charge in [0.05, 0.1) is 18.9 Å². The number of sulfonamides is 1. The van der Waals surface area contributed by atoms with Crippen molar-refractivity contribution in [1.82, 2.24) is 10.2 Å². The van der Waals surface area contributed by atoms with E-state index in [2.05, 4.69) is 14.9 Å². The van der Waals surface area contributed by atoms with Crippen LogP contribution in [0.3, 0.4) is 0 Å². The molecule has 0 aliphatic heterocycles. The van der Waals surface area contributed by atoms with E-state index < -0.39 is 10.0 Å². The zero-order valence-corrected chi connectivity index (χ0v) is 19.6. The molecule has 0 atom stereocenters. The topological polar surface area (TPSA) is 90.4 Å². The van der Waals surface area contributed by atoms with Crippen molar-refractivity contribution < 1.29 is 17.9 Å². The number of nitrogens with one attached hydrogen (secondary N) is 1. The number of aromatic nitrogens is 2. The quantitative estimate of drug-likeness (QED) is 0.449. The van der Waals surface area contributed by atoms with Crippen molar-refractivity contribution in [2.45, 2.75) is 44.9 Å². The van der Waals surface area contributed by atoms with Crippen molar-refractivity contribution >= 4 is 15.7 Å². The highest BCUT2D eigenvalue weighted by Crippen LogP contribution is 2.30. The molecule has 8 heteroatoms. The standard InChI is InChI=1S/C24H29N3O4S/c1-5-14-31-24-13-11-21(25-26-24)19-8-7-9-20(15-19)27-32(28,29)23-16-18(17(3)4)10-12-22(23)30-6-2/h7-13,15-17,27H,5-6,14H2,1-4H3. The summed E-state index contributed by atoms with van der Waals surface area (Å²) < 4.78 is 40.2. The Balaban J connectivity index is 1.88. The van der Waals surface area contributed by atoms with Gasteiger partial charge in [-0.2, -0.15) is 0 Å². The molecule has 7 nitrogen and oxygen atoms in total. The third kappa shape index (κ3) is 5.76. The molecular formula is C24H29N3O4S. The first-order valence-electron chi connectivity index (χ1n) is 10.7. The van der Waals surface area contributed by atoms with Crippen molar-refractivity contribution in [2.75, 3.05) is 17.9 Å². The minimum Gasteiger partial charge on any atom is -0.492 e. The number of benzene rings is 2. The van der Waals surface area contributed by atoms with Crippen LogP contribution in [0.1, 0.15) is 45.6 Å². The van der Waals surface area contributed by atoms with Gasteiger partial charge in [-0.3, -0.25) is 4.72 Å². The Bertz CT molecular complexity index is 1150. The van der Waals surface area contributed by atoms with Crippen LogP contribution in [0, 0.1) is 0 Å². The molecular weight excluding hydrogens is 426 g/mol. The molecule has 2 aromatic carbocycles. The Kier molecular flexibility index (Phi) is 7.69. The minimum absolute atomic E-state index is 0.119. The second-order valence-electron chi connectivity index (χ2n) is 7.59. The first-order chi connectivity index (χ1) is 15.3. The molecule has 0 spiro atoms. The van der Waals surface area contributed by atoms with E-state index in [1.165, 1.54) is 0 Å². The lowest BCUT2D eigenvalue weighted by atomic mass is 10.0. The maximum Gasteiger partial charge on any atom is 0.265 e. The molecule has 0 fully saturated rings. The van der Waals surface area contributed by atoms with Gasteiger partial charge in [-0.15, -0.1) is 10.2 Å². The molecule has 0 amide bonds. The molecule has 170 valence electrons. The van der Waals surface area contributed by atoms with Gasteiger partial charge in [0.2, 0.25) is 5.88 Å². The second-order valence-corrected chi connectivity index (χ2v) is 9.24. The molecule has 1 aromatic heterocycles. The summed E-state index contributed by atoms with van der Waals surface area (Å²) in [6, 6.07) is 15.8. The molecule has 0 unspecified atom stereocenters. The summed E-state index contributed by atoms with van der Waals surface area (Å²) in [6.07, 6.45) is 0.886. The van der Waals surface area contributed by atoms with Crippen molar-refractivity contribution in [2.24, 2.45) is 0 Å². The molecule has 0 bridgehead atoms. The van der Waals surface area contributed by atoms with Gasteiger partial charge in [0.15, 0.2) is 0 Å². The van der Waals surface area contributed by atoms with E-state index in [9.17, 15) is 8.42 Å². The summed E-state index contributed by atoms with van der Waals surface area (Å²) in [7, 11) is -3.87. The Morgan fingerprint density at radius 1 is 0.969 bits per heavy atom. The Hall–Kier alpha value is -3.13. The van der Waals surface area contributed by atoms with Crippen molar-refractivity contribution in [3.8, 4) is 22.9 Å². The average Bonchev–Trinajstić information content (AvgIpc) is 2.78. The summed E-state index contributed by atoms with van der Waals surface area (Å²) in [5.74, 6) is 0.973. The van der Waals surface area contributed by atoms with E-state index >= 15 is 0 Å². The zero-order valence-electron chi connectivity index (χ0n) is 18.8. The Morgan fingerprint density at radius 2 is 1.78 bits per heavy atom. The molecule has 0 saturated heterocycles. The molecule has 0 aliphatic rings. The lowest BCUT2D eigenvalue weighted by Crippen LogP contribution is -2.15.